The highest BCUT2D eigenvalue weighted by Gasteiger charge is 2.15. The van der Waals surface area contributed by atoms with Crippen LogP contribution in [0.1, 0.15) is 16.1 Å². The van der Waals surface area contributed by atoms with Gasteiger partial charge in [0.15, 0.2) is 0 Å². The van der Waals surface area contributed by atoms with E-state index in [4.69, 9.17) is 4.42 Å². The average Bonchev–Trinajstić information content (AvgIpc) is 2.99. The van der Waals surface area contributed by atoms with E-state index >= 15 is 0 Å². The van der Waals surface area contributed by atoms with E-state index in [0.717, 1.165) is 5.76 Å². The lowest BCUT2D eigenvalue weighted by molar-refractivity contribution is -0.383. The second-order valence-corrected chi connectivity index (χ2v) is 4.32. The number of rotatable bonds is 6. The van der Waals surface area contributed by atoms with Gasteiger partial charge in [0.1, 0.15) is 11.4 Å². The molecule has 7 nitrogen and oxygen atoms in total. The minimum atomic E-state index is -0.496. The van der Waals surface area contributed by atoms with Crippen LogP contribution < -0.4 is 10.6 Å². The van der Waals surface area contributed by atoms with Gasteiger partial charge < -0.3 is 15.1 Å². The van der Waals surface area contributed by atoms with Gasteiger partial charge in [-0.3, -0.25) is 14.9 Å². The molecule has 21 heavy (non-hydrogen) atoms. The van der Waals surface area contributed by atoms with Crippen molar-refractivity contribution in [1.29, 1.82) is 0 Å². The van der Waals surface area contributed by atoms with E-state index in [9.17, 15) is 14.9 Å². The Morgan fingerprint density at radius 2 is 2.19 bits per heavy atom. The third-order valence-corrected chi connectivity index (χ3v) is 2.96. The summed E-state index contributed by atoms with van der Waals surface area (Å²) in [6.45, 7) is 0.429. The van der Waals surface area contributed by atoms with Crippen LogP contribution in [0.25, 0.3) is 0 Å². The van der Waals surface area contributed by atoms with Gasteiger partial charge in [-0.15, -0.1) is 0 Å². The molecule has 1 aromatic heterocycles. The normalized spacial score (nSPS) is 10.1. The number of hydrogen-bond donors (Lipinski definition) is 2. The van der Waals surface area contributed by atoms with Gasteiger partial charge in [-0.2, -0.15) is 0 Å². The van der Waals surface area contributed by atoms with E-state index in [1.165, 1.54) is 18.2 Å². The fraction of sp³-hybridized carbons (Fsp3) is 0.214. The Hall–Kier alpha value is -2.83. The lowest BCUT2D eigenvalue weighted by atomic mass is 10.1. The summed E-state index contributed by atoms with van der Waals surface area (Å²) in [4.78, 5) is 22.3. The van der Waals surface area contributed by atoms with E-state index < -0.39 is 4.92 Å². The van der Waals surface area contributed by atoms with Crippen molar-refractivity contribution in [2.75, 3.05) is 18.9 Å². The number of carbonyl (C=O) groups excluding carboxylic acids is 1. The number of amides is 1. The van der Waals surface area contributed by atoms with Gasteiger partial charge in [-0.1, -0.05) is 0 Å². The number of nitrogens with zero attached hydrogens (tertiary/aromatic N) is 1. The van der Waals surface area contributed by atoms with Crippen molar-refractivity contribution in [2.24, 2.45) is 0 Å². The van der Waals surface area contributed by atoms with Gasteiger partial charge in [0.25, 0.3) is 11.6 Å². The molecule has 0 fully saturated rings. The monoisotopic (exact) mass is 289 g/mol. The number of nitro benzene ring substituents is 1. The molecule has 2 aromatic rings. The fourth-order valence-corrected chi connectivity index (χ4v) is 1.89. The zero-order valence-corrected chi connectivity index (χ0v) is 11.5. The summed E-state index contributed by atoms with van der Waals surface area (Å²) >= 11 is 0. The smallest absolute Gasteiger partial charge is 0.292 e. The third-order valence-electron chi connectivity index (χ3n) is 2.96. The molecule has 0 unspecified atom stereocenters. The largest absolute Gasteiger partial charge is 0.469 e. The summed E-state index contributed by atoms with van der Waals surface area (Å²) in [6, 6.07) is 7.82. The molecule has 0 aliphatic rings. The Kier molecular flexibility index (Phi) is 4.55. The molecule has 0 saturated heterocycles. The molecular formula is C14H15N3O4. The minimum Gasteiger partial charge on any atom is -0.469 e. The van der Waals surface area contributed by atoms with Gasteiger partial charge in [0, 0.05) is 31.6 Å². The maximum Gasteiger partial charge on any atom is 0.292 e. The quantitative estimate of drug-likeness (QED) is 0.627. The highest BCUT2D eigenvalue weighted by atomic mass is 16.6. The first-order valence-corrected chi connectivity index (χ1v) is 6.38. The van der Waals surface area contributed by atoms with Crippen molar-refractivity contribution < 1.29 is 14.1 Å². The standard InChI is InChI=1S/C14H15N3O4/c1-15-12-9-10(4-5-13(12)17(19)20)14(18)16-7-6-11-3-2-8-21-11/h2-5,8-9,15H,6-7H2,1H3,(H,16,18). The molecular weight excluding hydrogens is 274 g/mol. The molecule has 1 heterocycles. The van der Waals surface area contributed by atoms with Crippen molar-refractivity contribution in [3.8, 4) is 0 Å². The van der Waals surface area contributed by atoms with E-state index in [1.807, 2.05) is 6.07 Å². The van der Waals surface area contributed by atoms with Crippen LogP contribution >= 0.6 is 0 Å². The first kappa shape index (κ1) is 14.6. The molecule has 0 saturated carbocycles. The van der Waals surface area contributed by atoms with Crippen LogP contribution in [-0.4, -0.2) is 24.4 Å². The summed E-state index contributed by atoms with van der Waals surface area (Å²) in [7, 11) is 1.57. The molecule has 0 bridgehead atoms. The first-order chi connectivity index (χ1) is 10.1. The van der Waals surface area contributed by atoms with E-state index in [0.29, 0.717) is 24.2 Å². The highest BCUT2D eigenvalue weighted by Crippen LogP contribution is 2.24. The molecule has 1 amide bonds. The second-order valence-electron chi connectivity index (χ2n) is 4.32. The molecule has 2 rings (SSSR count). The number of hydrogen-bond acceptors (Lipinski definition) is 5. The number of nitrogens with one attached hydrogen (secondary N) is 2. The summed E-state index contributed by atoms with van der Waals surface area (Å²) < 4.78 is 5.16. The Labute approximate surface area is 121 Å². The molecule has 1 aromatic carbocycles. The minimum absolute atomic E-state index is 0.0652. The molecule has 0 aliphatic carbocycles. The van der Waals surface area contributed by atoms with Crippen LogP contribution in [0.5, 0.6) is 0 Å². The van der Waals surface area contributed by atoms with Gasteiger partial charge in [0.05, 0.1) is 11.2 Å². The van der Waals surface area contributed by atoms with Gasteiger partial charge in [0.2, 0.25) is 0 Å². The van der Waals surface area contributed by atoms with Crippen LogP contribution in [0.2, 0.25) is 0 Å². The lowest BCUT2D eigenvalue weighted by Crippen LogP contribution is -2.25. The van der Waals surface area contributed by atoms with Crippen LogP contribution in [-0.2, 0) is 6.42 Å². The van der Waals surface area contributed by atoms with E-state index in [1.54, 1.807) is 19.4 Å². The van der Waals surface area contributed by atoms with Crippen LogP contribution in [0.15, 0.2) is 41.0 Å². The van der Waals surface area contributed by atoms with Crippen LogP contribution in [0.3, 0.4) is 0 Å². The Morgan fingerprint density at radius 3 is 2.81 bits per heavy atom. The maximum absolute atomic E-state index is 12.0. The lowest BCUT2D eigenvalue weighted by Gasteiger charge is -2.07. The van der Waals surface area contributed by atoms with Crippen molar-refractivity contribution in [2.45, 2.75) is 6.42 Å². The van der Waals surface area contributed by atoms with Crippen molar-refractivity contribution >= 4 is 17.3 Å². The number of nitro groups is 1. The average molecular weight is 289 g/mol. The number of benzene rings is 1. The summed E-state index contributed by atoms with van der Waals surface area (Å²) in [6.07, 6.45) is 2.16. The zero-order valence-electron chi connectivity index (χ0n) is 11.5. The molecule has 0 radical (unpaired) electrons. The SMILES string of the molecule is CNc1cc(C(=O)NCCc2ccco2)ccc1[N+](=O)[O-]. The molecule has 0 spiro atoms. The Bertz CT molecular complexity index is 638. The maximum atomic E-state index is 12.0. The Balaban J connectivity index is 2.00. The van der Waals surface area contributed by atoms with Crippen molar-refractivity contribution in [1.82, 2.24) is 5.32 Å². The molecule has 0 aliphatic heterocycles. The molecule has 7 heteroatoms. The highest BCUT2D eigenvalue weighted by molar-refractivity contribution is 5.95. The molecule has 110 valence electrons. The zero-order chi connectivity index (χ0) is 15.2. The Morgan fingerprint density at radius 1 is 1.38 bits per heavy atom. The number of carbonyl (C=O) groups is 1. The topological polar surface area (TPSA) is 97.4 Å². The summed E-state index contributed by atoms with van der Waals surface area (Å²) in [5, 5.41) is 16.3. The first-order valence-electron chi connectivity index (χ1n) is 6.38. The van der Waals surface area contributed by atoms with Gasteiger partial charge >= 0.3 is 0 Å². The van der Waals surface area contributed by atoms with E-state index in [-0.39, 0.29) is 11.6 Å². The van der Waals surface area contributed by atoms with Gasteiger partial charge in [-0.05, 0) is 24.3 Å². The third kappa shape index (κ3) is 3.59. The van der Waals surface area contributed by atoms with Crippen LogP contribution in [0, 0.1) is 10.1 Å². The number of anilines is 1. The predicted molar refractivity (Wildman–Crippen MR) is 77.4 cm³/mol. The van der Waals surface area contributed by atoms with E-state index in [2.05, 4.69) is 10.6 Å². The van der Waals surface area contributed by atoms with Crippen LogP contribution in [0.4, 0.5) is 11.4 Å². The van der Waals surface area contributed by atoms with Gasteiger partial charge in [-0.25, -0.2) is 0 Å². The molecule has 0 atom stereocenters. The fourth-order valence-electron chi connectivity index (χ4n) is 1.89. The summed E-state index contributed by atoms with van der Waals surface area (Å²) in [5.41, 5.74) is 0.604. The van der Waals surface area contributed by atoms with Crippen molar-refractivity contribution in [3.05, 3.63) is 58.0 Å². The number of furan rings is 1. The second kappa shape index (κ2) is 6.56. The van der Waals surface area contributed by atoms with Crippen molar-refractivity contribution in [3.63, 3.8) is 0 Å². The predicted octanol–water partition coefficient (Wildman–Crippen LogP) is 2.20. The summed E-state index contributed by atoms with van der Waals surface area (Å²) in [5.74, 6) is 0.503. The molecule has 2 N–H and O–H groups in total.